The van der Waals surface area contributed by atoms with Crippen LogP contribution in [-0.4, -0.2) is 23.5 Å². The standard InChI is InChI=1S/C12H13ClF3NO/c13-10-5-7-17(8-6-10)18-11-3-1-9(2-4-11)12(14,15)16/h1-4,10H,5-8H2. The minimum Gasteiger partial charge on any atom is -0.406 e. The first kappa shape index (κ1) is 13.5. The molecule has 100 valence electrons. The van der Waals surface area contributed by atoms with Crippen molar-refractivity contribution in [3.05, 3.63) is 29.8 Å². The molecule has 1 heterocycles. The predicted octanol–water partition coefficient (Wildman–Crippen LogP) is 3.70. The van der Waals surface area contributed by atoms with Gasteiger partial charge in [0.2, 0.25) is 0 Å². The molecule has 0 amide bonds. The predicted molar refractivity (Wildman–Crippen MR) is 62.5 cm³/mol. The first-order valence-corrected chi connectivity index (χ1v) is 6.13. The molecule has 0 saturated carbocycles. The molecular weight excluding hydrogens is 267 g/mol. The van der Waals surface area contributed by atoms with Gasteiger partial charge in [0.15, 0.2) is 0 Å². The fourth-order valence-corrected chi connectivity index (χ4v) is 1.96. The van der Waals surface area contributed by atoms with Gasteiger partial charge >= 0.3 is 6.18 Å². The summed E-state index contributed by atoms with van der Waals surface area (Å²) in [6.45, 7) is 1.38. The monoisotopic (exact) mass is 279 g/mol. The number of alkyl halides is 4. The van der Waals surface area contributed by atoms with Crippen molar-refractivity contribution in [1.29, 1.82) is 0 Å². The number of nitrogens with zero attached hydrogens (tertiary/aromatic N) is 1. The molecule has 6 heteroatoms. The van der Waals surface area contributed by atoms with Gasteiger partial charge in [0.05, 0.1) is 5.56 Å². The first-order valence-electron chi connectivity index (χ1n) is 5.69. The van der Waals surface area contributed by atoms with E-state index in [1.807, 2.05) is 0 Å². The molecule has 1 aromatic rings. The first-order chi connectivity index (χ1) is 8.45. The van der Waals surface area contributed by atoms with E-state index in [1.165, 1.54) is 12.1 Å². The van der Waals surface area contributed by atoms with E-state index < -0.39 is 11.7 Å². The van der Waals surface area contributed by atoms with Crippen molar-refractivity contribution < 1.29 is 18.0 Å². The summed E-state index contributed by atoms with van der Waals surface area (Å²) in [6, 6.07) is 4.69. The fraction of sp³-hybridized carbons (Fsp3) is 0.500. The van der Waals surface area contributed by atoms with Gasteiger partial charge in [-0.05, 0) is 37.1 Å². The summed E-state index contributed by atoms with van der Waals surface area (Å²) in [5, 5.41) is 1.89. The summed E-state index contributed by atoms with van der Waals surface area (Å²) in [7, 11) is 0. The second-order valence-corrected chi connectivity index (χ2v) is 4.83. The van der Waals surface area contributed by atoms with Crippen molar-refractivity contribution in [3.63, 3.8) is 0 Å². The van der Waals surface area contributed by atoms with E-state index in [4.69, 9.17) is 16.4 Å². The summed E-state index contributed by atoms with van der Waals surface area (Å²) in [6.07, 6.45) is -2.67. The van der Waals surface area contributed by atoms with Crippen molar-refractivity contribution in [2.24, 2.45) is 0 Å². The van der Waals surface area contributed by atoms with Crippen molar-refractivity contribution in [2.45, 2.75) is 24.4 Å². The van der Waals surface area contributed by atoms with Gasteiger partial charge in [-0.2, -0.15) is 13.2 Å². The van der Waals surface area contributed by atoms with Crippen LogP contribution in [0.1, 0.15) is 18.4 Å². The van der Waals surface area contributed by atoms with Crippen molar-refractivity contribution in [1.82, 2.24) is 5.06 Å². The van der Waals surface area contributed by atoms with Gasteiger partial charge in [-0.15, -0.1) is 16.7 Å². The van der Waals surface area contributed by atoms with Crippen molar-refractivity contribution in [3.8, 4) is 5.75 Å². The lowest BCUT2D eigenvalue weighted by Crippen LogP contribution is -2.36. The average molecular weight is 280 g/mol. The lowest BCUT2D eigenvalue weighted by atomic mass is 10.1. The van der Waals surface area contributed by atoms with Crippen LogP contribution in [0.15, 0.2) is 24.3 Å². The number of hydrogen-bond donors (Lipinski definition) is 0. The van der Waals surface area contributed by atoms with Crippen LogP contribution in [0.25, 0.3) is 0 Å². The van der Waals surface area contributed by atoms with E-state index in [0.717, 1.165) is 25.0 Å². The highest BCUT2D eigenvalue weighted by Gasteiger charge is 2.30. The summed E-state index contributed by atoms with van der Waals surface area (Å²) in [5.41, 5.74) is -0.672. The average Bonchev–Trinajstić information content (AvgIpc) is 2.32. The highest BCUT2D eigenvalue weighted by molar-refractivity contribution is 6.20. The molecule has 1 saturated heterocycles. The van der Waals surface area contributed by atoms with Gasteiger partial charge in [0.25, 0.3) is 0 Å². The molecule has 0 aromatic heterocycles. The second kappa shape index (κ2) is 5.36. The molecule has 0 N–H and O–H groups in total. The number of halogens is 4. The van der Waals surface area contributed by atoms with Crippen LogP contribution >= 0.6 is 11.6 Å². The maximum Gasteiger partial charge on any atom is 0.416 e. The van der Waals surface area contributed by atoms with Gasteiger partial charge in [-0.25, -0.2) is 0 Å². The summed E-state index contributed by atoms with van der Waals surface area (Å²) in [4.78, 5) is 5.48. The number of hydroxylamine groups is 2. The molecule has 18 heavy (non-hydrogen) atoms. The lowest BCUT2D eigenvalue weighted by Gasteiger charge is -2.28. The molecule has 2 nitrogen and oxygen atoms in total. The third kappa shape index (κ3) is 3.53. The number of benzene rings is 1. The lowest BCUT2D eigenvalue weighted by molar-refractivity contribution is -0.137. The van der Waals surface area contributed by atoms with Crippen LogP contribution in [0, 0.1) is 0 Å². The quantitative estimate of drug-likeness (QED) is 0.766. The zero-order chi connectivity index (χ0) is 13.2. The minimum absolute atomic E-state index is 0.164. The van der Waals surface area contributed by atoms with Crippen molar-refractivity contribution in [2.75, 3.05) is 13.1 Å². The van der Waals surface area contributed by atoms with Crippen molar-refractivity contribution >= 4 is 11.6 Å². The Bertz CT molecular complexity index is 385. The maximum absolute atomic E-state index is 12.4. The van der Waals surface area contributed by atoms with E-state index in [-0.39, 0.29) is 5.38 Å². The molecule has 1 fully saturated rings. The smallest absolute Gasteiger partial charge is 0.406 e. The van der Waals surface area contributed by atoms with Crippen LogP contribution < -0.4 is 4.84 Å². The zero-order valence-corrected chi connectivity index (χ0v) is 10.3. The Kier molecular flexibility index (Phi) is 4.02. The Hall–Kier alpha value is -0.940. The van der Waals surface area contributed by atoms with Gasteiger partial charge < -0.3 is 4.84 Å². The summed E-state index contributed by atoms with van der Waals surface area (Å²) < 4.78 is 37.1. The third-order valence-electron chi connectivity index (χ3n) is 2.80. The largest absolute Gasteiger partial charge is 0.416 e. The van der Waals surface area contributed by atoms with Crippen LogP contribution in [0.4, 0.5) is 13.2 Å². The molecule has 1 aliphatic heterocycles. The molecule has 0 radical (unpaired) electrons. The molecule has 1 aliphatic rings. The molecule has 0 aliphatic carbocycles. The Morgan fingerprint density at radius 3 is 2.17 bits per heavy atom. The van der Waals surface area contributed by atoms with Gasteiger partial charge in [-0.3, -0.25) is 0 Å². The van der Waals surface area contributed by atoms with E-state index in [2.05, 4.69) is 0 Å². The molecule has 0 spiro atoms. The number of hydrogen-bond acceptors (Lipinski definition) is 2. The van der Waals surface area contributed by atoms with Crippen LogP contribution in [-0.2, 0) is 6.18 Å². The Morgan fingerprint density at radius 1 is 1.11 bits per heavy atom. The normalized spacial score (nSPS) is 18.9. The SMILES string of the molecule is FC(F)(F)c1ccc(ON2CCC(Cl)CC2)cc1. The third-order valence-corrected chi connectivity index (χ3v) is 3.24. The Labute approximate surface area is 108 Å². The molecule has 0 bridgehead atoms. The van der Waals surface area contributed by atoms with Crippen LogP contribution in [0.5, 0.6) is 5.75 Å². The topological polar surface area (TPSA) is 12.5 Å². The van der Waals surface area contributed by atoms with E-state index in [9.17, 15) is 13.2 Å². The minimum atomic E-state index is -4.31. The maximum atomic E-state index is 12.4. The molecule has 1 aromatic carbocycles. The fourth-order valence-electron chi connectivity index (χ4n) is 1.77. The highest BCUT2D eigenvalue weighted by atomic mass is 35.5. The molecule has 2 rings (SSSR count). The number of rotatable bonds is 2. The Balaban J connectivity index is 1.94. The summed E-state index contributed by atoms with van der Waals surface area (Å²) in [5.74, 6) is 0.413. The van der Waals surface area contributed by atoms with E-state index >= 15 is 0 Å². The van der Waals surface area contributed by atoms with E-state index in [0.29, 0.717) is 18.8 Å². The van der Waals surface area contributed by atoms with Gasteiger partial charge in [0.1, 0.15) is 5.75 Å². The number of piperidine rings is 1. The second-order valence-electron chi connectivity index (χ2n) is 4.22. The molecule has 0 unspecified atom stereocenters. The molecule has 0 atom stereocenters. The Morgan fingerprint density at radius 2 is 1.67 bits per heavy atom. The van der Waals surface area contributed by atoms with Crippen LogP contribution in [0.2, 0.25) is 0 Å². The van der Waals surface area contributed by atoms with Gasteiger partial charge in [0, 0.05) is 18.5 Å². The molecular formula is C12H13ClF3NO. The highest BCUT2D eigenvalue weighted by Crippen LogP contribution is 2.30. The van der Waals surface area contributed by atoms with Gasteiger partial charge in [-0.1, -0.05) is 0 Å². The zero-order valence-electron chi connectivity index (χ0n) is 9.58. The van der Waals surface area contributed by atoms with Crippen LogP contribution in [0.3, 0.4) is 0 Å². The van der Waals surface area contributed by atoms with E-state index in [1.54, 1.807) is 5.06 Å². The summed E-state index contributed by atoms with van der Waals surface area (Å²) >= 11 is 5.95.